The number of likely N-dealkylation sites (tertiary alicyclic amines) is 1. The van der Waals surface area contributed by atoms with Crippen LogP contribution in [-0.2, 0) is 27.9 Å². The van der Waals surface area contributed by atoms with E-state index in [0.29, 0.717) is 0 Å². The summed E-state index contributed by atoms with van der Waals surface area (Å²) in [6.07, 6.45) is 3.47. The van der Waals surface area contributed by atoms with Crippen LogP contribution in [0.25, 0.3) is 0 Å². The van der Waals surface area contributed by atoms with Gasteiger partial charge in [-0.1, -0.05) is 30.3 Å². The van der Waals surface area contributed by atoms with Crippen molar-refractivity contribution in [2.24, 2.45) is 0 Å². The molecule has 1 atom stereocenters. The highest BCUT2D eigenvalue weighted by atomic mass is 32.2. The van der Waals surface area contributed by atoms with Crippen LogP contribution >= 0.6 is 0 Å². The Hall–Kier alpha value is -2.45. The monoisotopic (exact) mass is 433 g/mol. The van der Waals surface area contributed by atoms with Gasteiger partial charge in [-0.3, -0.25) is 14.0 Å². The van der Waals surface area contributed by atoms with Gasteiger partial charge in [-0.25, -0.2) is 12.8 Å². The smallest absolute Gasteiger partial charge is 0.243 e. The third kappa shape index (κ3) is 5.79. The van der Waals surface area contributed by atoms with Crippen LogP contribution < -0.4 is 9.62 Å². The number of amides is 1. The van der Waals surface area contributed by atoms with Gasteiger partial charge in [-0.2, -0.15) is 0 Å². The lowest BCUT2D eigenvalue weighted by molar-refractivity contribution is -0.122. The van der Waals surface area contributed by atoms with Crippen molar-refractivity contribution >= 4 is 21.6 Å². The van der Waals surface area contributed by atoms with Crippen LogP contribution in [0.4, 0.5) is 10.1 Å². The Balaban J connectivity index is 1.67. The topological polar surface area (TPSA) is 69.7 Å². The highest BCUT2D eigenvalue weighted by Gasteiger charge is 2.29. The molecule has 1 aliphatic rings. The average molecular weight is 434 g/mol. The van der Waals surface area contributed by atoms with Gasteiger partial charge in [0.15, 0.2) is 0 Å². The van der Waals surface area contributed by atoms with E-state index in [4.69, 9.17) is 0 Å². The van der Waals surface area contributed by atoms with Crippen molar-refractivity contribution in [3.63, 3.8) is 0 Å². The van der Waals surface area contributed by atoms with Crippen LogP contribution in [0, 0.1) is 5.82 Å². The molecule has 6 nitrogen and oxygen atoms in total. The predicted octanol–water partition coefficient (Wildman–Crippen LogP) is 2.89. The van der Waals surface area contributed by atoms with Crippen molar-refractivity contribution in [1.29, 1.82) is 0 Å². The van der Waals surface area contributed by atoms with Crippen molar-refractivity contribution in [2.75, 3.05) is 23.7 Å². The Morgan fingerprint density at radius 1 is 1.13 bits per heavy atom. The van der Waals surface area contributed by atoms with Crippen LogP contribution in [0.5, 0.6) is 0 Å². The highest BCUT2D eigenvalue weighted by Crippen LogP contribution is 2.22. The number of rotatable bonds is 8. The maximum atomic E-state index is 13.6. The van der Waals surface area contributed by atoms with Gasteiger partial charge in [-0.05, 0) is 62.2 Å². The number of carbonyl (C=O) groups is 1. The lowest BCUT2D eigenvalue weighted by Crippen LogP contribution is -2.47. The lowest BCUT2D eigenvalue weighted by Gasteiger charge is -2.28. The maximum absolute atomic E-state index is 13.6. The fourth-order valence-corrected chi connectivity index (χ4v) is 4.96. The fourth-order valence-electron chi connectivity index (χ4n) is 3.80. The van der Waals surface area contributed by atoms with Gasteiger partial charge in [0.25, 0.3) is 0 Å². The molecule has 0 aliphatic carbocycles. The number of halogens is 1. The summed E-state index contributed by atoms with van der Waals surface area (Å²) in [7, 11) is -3.78. The van der Waals surface area contributed by atoms with Gasteiger partial charge in [0.1, 0.15) is 11.9 Å². The van der Waals surface area contributed by atoms with Gasteiger partial charge < -0.3 is 5.32 Å². The molecule has 0 unspecified atom stereocenters. The molecule has 3 rings (SSSR count). The molecule has 0 spiro atoms. The largest absolute Gasteiger partial charge is 0.350 e. The van der Waals surface area contributed by atoms with Crippen LogP contribution in [0.15, 0.2) is 48.5 Å². The molecule has 30 heavy (non-hydrogen) atoms. The van der Waals surface area contributed by atoms with Crippen molar-refractivity contribution in [3.8, 4) is 0 Å². The zero-order valence-electron chi connectivity index (χ0n) is 17.3. The molecule has 1 saturated heterocycles. The number of nitrogens with one attached hydrogen (secondary N) is 1. The number of anilines is 1. The first-order valence-electron chi connectivity index (χ1n) is 10.1. The van der Waals surface area contributed by atoms with Crippen LogP contribution in [-0.4, -0.2) is 44.6 Å². The molecule has 1 amide bonds. The highest BCUT2D eigenvalue weighted by molar-refractivity contribution is 7.92. The van der Waals surface area contributed by atoms with Gasteiger partial charge in [-0.15, -0.1) is 0 Å². The number of sulfonamides is 1. The summed E-state index contributed by atoms with van der Waals surface area (Å²) in [6, 6.07) is 12.2. The lowest BCUT2D eigenvalue weighted by atomic mass is 10.1. The van der Waals surface area contributed by atoms with E-state index in [9.17, 15) is 17.6 Å². The van der Waals surface area contributed by atoms with Crippen LogP contribution in [0.1, 0.15) is 30.9 Å². The third-order valence-corrected chi connectivity index (χ3v) is 6.46. The second-order valence-electron chi connectivity index (χ2n) is 7.74. The van der Waals surface area contributed by atoms with Gasteiger partial charge in [0.05, 0.1) is 11.9 Å². The van der Waals surface area contributed by atoms with Gasteiger partial charge in [0.2, 0.25) is 15.9 Å². The first kappa shape index (κ1) is 22.2. The van der Waals surface area contributed by atoms with Crippen LogP contribution in [0.2, 0.25) is 0 Å². The van der Waals surface area contributed by atoms with Gasteiger partial charge in [0, 0.05) is 13.1 Å². The summed E-state index contributed by atoms with van der Waals surface area (Å²) in [6.45, 7) is 4.89. The number of hydrogen-bond donors (Lipinski definition) is 1. The van der Waals surface area contributed by atoms with Crippen molar-refractivity contribution < 1.29 is 17.6 Å². The number of carbonyl (C=O) groups excluding carboxylic acids is 1. The van der Waals surface area contributed by atoms with E-state index < -0.39 is 27.8 Å². The molecule has 0 radical (unpaired) electrons. The predicted molar refractivity (Wildman–Crippen MR) is 116 cm³/mol. The Labute approximate surface area is 177 Å². The van der Waals surface area contributed by atoms with E-state index in [1.165, 1.54) is 43.5 Å². The first-order chi connectivity index (χ1) is 14.2. The Kier molecular flexibility index (Phi) is 7.10. The molecular formula is C22H28FN3O3S. The Bertz CT molecular complexity index is 991. The summed E-state index contributed by atoms with van der Waals surface area (Å²) in [5.41, 5.74) is 2.26. The van der Waals surface area contributed by atoms with E-state index in [1.54, 1.807) is 0 Å². The number of benzene rings is 2. The standard InChI is InChI=1S/C22H28FN3O3S/c1-17(26(30(2,28)29)21-10-6-9-20(23)14-21)22(27)24-15-18-7-5-8-19(13-18)16-25-11-3-4-12-25/h5-10,13-14,17H,3-4,11-12,15-16H2,1-2H3,(H,24,27)/t17-/m0/s1. The van der Waals surface area contributed by atoms with E-state index in [1.807, 2.05) is 12.1 Å². The zero-order valence-corrected chi connectivity index (χ0v) is 18.2. The van der Waals surface area contributed by atoms with Gasteiger partial charge >= 0.3 is 0 Å². The molecule has 162 valence electrons. The molecule has 0 aromatic heterocycles. The maximum Gasteiger partial charge on any atom is 0.243 e. The van der Waals surface area contributed by atoms with Crippen molar-refractivity contribution in [3.05, 3.63) is 65.5 Å². The number of nitrogens with zero attached hydrogens (tertiary/aromatic N) is 2. The Morgan fingerprint density at radius 2 is 1.80 bits per heavy atom. The minimum atomic E-state index is -3.78. The molecule has 0 saturated carbocycles. The first-order valence-corrected chi connectivity index (χ1v) is 11.9. The zero-order chi connectivity index (χ0) is 21.7. The average Bonchev–Trinajstić information content (AvgIpc) is 3.18. The summed E-state index contributed by atoms with van der Waals surface area (Å²) in [5.74, 6) is -1.02. The molecule has 1 aliphatic heterocycles. The summed E-state index contributed by atoms with van der Waals surface area (Å²) < 4.78 is 39.1. The molecule has 2 aromatic rings. The number of hydrogen-bond acceptors (Lipinski definition) is 4. The minimum Gasteiger partial charge on any atom is -0.350 e. The molecule has 1 N–H and O–H groups in total. The summed E-state index contributed by atoms with van der Waals surface area (Å²) in [5, 5.41) is 2.80. The molecule has 0 bridgehead atoms. The SMILES string of the molecule is C[C@@H](C(=O)NCc1cccc(CN2CCCC2)c1)N(c1cccc(F)c1)S(C)(=O)=O. The van der Waals surface area contributed by atoms with E-state index >= 15 is 0 Å². The molecular weight excluding hydrogens is 405 g/mol. The molecule has 1 fully saturated rings. The summed E-state index contributed by atoms with van der Waals surface area (Å²) >= 11 is 0. The van der Waals surface area contributed by atoms with E-state index in [2.05, 4.69) is 22.3 Å². The second-order valence-corrected chi connectivity index (χ2v) is 9.60. The van der Waals surface area contributed by atoms with E-state index in [0.717, 1.165) is 41.8 Å². The fraction of sp³-hybridized carbons (Fsp3) is 0.409. The molecule has 2 aromatic carbocycles. The van der Waals surface area contributed by atoms with E-state index in [-0.39, 0.29) is 12.2 Å². The normalized spacial score (nSPS) is 15.7. The quantitative estimate of drug-likeness (QED) is 0.695. The van der Waals surface area contributed by atoms with Crippen molar-refractivity contribution in [1.82, 2.24) is 10.2 Å². The second kappa shape index (κ2) is 9.57. The molecule has 8 heteroatoms. The molecule has 1 heterocycles. The Morgan fingerprint density at radius 3 is 2.47 bits per heavy atom. The van der Waals surface area contributed by atoms with Crippen LogP contribution in [0.3, 0.4) is 0 Å². The summed E-state index contributed by atoms with van der Waals surface area (Å²) in [4.78, 5) is 15.1. The van der Waals surface area contributed by atoms with Crippen molar-refractivity contribution in [2.45, 2.75) is 38.9 Å². The third-order valence-electron chi connectivity index (χ3n) is 5.21. The minimum absolute atomic E-state index is 0.118.